The molecule has 0 aliphatic carbocycles. The molecule has 0 bridgehead atoms. The zero-order chi connectivity index (χ0) is 13.4. The summed E-state index contributed by atoms with van der Waals surface area (Å²) in [5, 5.41) is 3.42. The number of hydrogen-bond donors (Lipinski definition) is 1. The van der Waals surface area contributed by atoms with Gasteiger partial charge in [0.25, 0.3) is 0 Å². The summed E-state index contributed by atoms with van der Waals surface area (Å²) in [5.41, 5.74) is 4.94. The average Bonchev–Trinajstić information content (AvgIpc) is 2.96. The van der Waals surface area contributed by atoms with Crippen LogP contribution in [0, 0.1) is 13.8 Å². The van der Waals surface area contributed by atoms with E-state index in [4.69, 9.17) is 9.47 Å². The number of hydrogen-bond acceptors (Lipinski definition) is 3. The summed E-state index contributed by atoms with van der Waals surface area (Å²) in [7, 11) is 2.09. The van der Waals surface area contributed by atoms with Gasteiger partial charge in [0, 0.05) is 36.7 Å². The molecule has 1 aromatic carbocycles. The lowest BCUT2D eigenvalue weighted by atomic mass is 10.2. The van der Waals surface area contributed by atoms with Gasteiger partial charge >= 0.3 is 0 Å². The largest absolute Gasteiger partial charge is 0.454 e. The van der Waals surface area contributed by atoms with Crippen LogP contribution in [-0.2, 0) is 13.6 Å². The van der Waals surface area contributed by atoms with Crippen LogP contribution in [0.3, 0.4) is 0 Å². The highest BCUT2D eigenvalue weighted by molar-refractivity contribution is 5.55. The summed E-state index contributed by atoms with van der Waals surface area (Å²) in [6.07, 6.45) is 0. The van der Waals surface area contributed by atoms with Gasteiger partial charge in [-0.15, -0.1) is 0 Å². The Morgan fingerprint density at radius 3 is 2.68 bits per heavy atom. The van der Waals surface area contributed by atoms with Crippen LogP contribution in [0.5, 0.6) is 11.5 Å². The molecule has 1 aliphatic rings. The Balaban J connectivity index is 1.74. The van der Waals surface area contributed by atoms with Crippen LogP contribution < -0.4 is 14.8 Å². The van der Waals surface area contributed by atoms with E-state index in [-0.39, 0.29) is 0 Å². The number of ether oxygens (including phenoxy) is 2. The second-order valence-corrected chi connectivity index (χ2v) is 4.88. The van der Waals surface area contributed by atoms with Crippen molar-refractivity contribution in [3.05, 3.63) is 41.2 Å². The molecule has 19 heavy (non-hydrogen) atoms. The Bertz CT molecular complexity index is 617. The quantitative estimate of drug-likeness (QED) is 0.919. The number of rotatable bonds is 3. The number of fused-ring (bicyclic) bond motifs is 1. The average molecular weight is 258 g/mol. The van der Waals surface area contributed by atoms with E-state index in [0.29, 0.717) is 6.79 Å². The van der Waals surface area contributed by atoms with E-state index >= 15 is 0 Å². The molecule has 1 N–H and O–H groups in total. The lowest BCUT2D eigenvalue weighted by molar-refractivity contribution is 0.174. The Hall–Kier alpha value is -2.10. The lowest BCUT2D eigenvalue weighted by Gasteiger charge is -2.07. The fourth-order valence-corrected chi connectivity index (χ4v) is 2.32. The van der Waals surface area contributed by atoms with Crippen molar-refractivity contribution in [3.63, 3.8) is 0 Å². The van der Waals surface area contributed by atoms with Crippen LogP contribution >= 0.6 is 0 Å². The molecular formula is C15H18N2O2. The zero-order valence-electron chi connectivity index (χ0n) is 11.5. The number of nitrogens with one attached hydrogen (secondary N) is 1. The van der Waals surface area contributed by atoms with Crippen molar-refractivity contribution in [1.82, 2.24) is 4.57 Å². The minimum Gasteiger partial charge on any atom is -0.454 e. The first-order valence-corrected chi connectivity index (χ1v) is 6.40. The first-order chi connectivity index (χ1) is 9.15. The normalized spacial score (nSPS) is 12.8. The molecule has 0 spiro atoms. The summed E-state index contributed by atoms with van der Waals surface area (Å²) in [6, 6.07) is 8.15. The Morgan fingerprint density at radius 2 is 1.95 bits per heavy atom. The van der Waals surface area contributed by atoms with Crippen molar-refractivity contribution in [2.45, 2.75) is 20.4 Å². The second kappa shape index (κ2) is 4.53. The summed E-state index contributed by atoms with van der Waals surface area (Å²) >= 11 is 0. The Morgan fingerprint density at radius 1 is 1.16 bits per heavy atom. The van der Waals surface area contributed by atoms with E-state index in [2.05, 4.69) is 36.8 Å². The van der Waals surface area contributed by atoms with Crippen molar-refractivity contribution >= 4 is 5.69 Å². The van der Waals surface area contributed by atoms with Crippen LogP contribution in [-0.4, -0.2) is 11.4 Å². The number of benzene rings is 1. The topological polar surface area (TPSA) is 35.4 Å². The van der Waals surface area contributed by atoms with Gasteiger partial charge in [-0.3, -0.25) is 0 Å². The van der Waals surface area contributed by atoms with Gasteiger partial charge in [-0.1, -0.05) is 0 Å². The Kier molecular flexibility index (Phi) is 2.85. The van der Waals surface area contributed by atoms with Crippen molar-refractivity contribution in [3.8, 4) is 11.5 Å². The van der Waals surface area contributed by atoms with E-state index in [1.54, 1.807) is 0 Å². The standard InChI is InChI=1S/C15H18N2O2/c1-10-6-12(11(2)17(10)3)8-16-13-4-5-14-15(7-13)19-9-18-14/h4-7,16H,8-9H2,1-3H3. The lowest BCUT2D eigenvalue weighted by Crippen LogP contribution is -2.01. The number of anilines is 1. The van der Waals surface area contributed by atoms with Gasteiger partial charge in [-0.25, -0.2) is 0 Å². The molecule has 0 saturated heterocycles. The molecule has 4 nitrogen and oxygen atoms in total. The van der Waals surface area contributed by atoms with Gasteiger partial charge in [0.05, 0.1) is 0 Å². The molecule has 0 amide bonds. The minimum absolute atomic E-state index is 0.315. The zero-order valence-corrected chi connectivity index (χ0v) is 11.5. The maximum atomic E-state index is 5.37. The fraction of sp³-hybridized carbons (Fsp3) is 0.333. The summed E-state index contributed by atoms with van der Waals surface area (Å²) in [6.45, 7) is 5.39. The van der Waals surface area contributed by atoms with Crippen LogP contribution in [0.2, 0.25) is 0 Å². The van der Waals surface area contributed by atoms with E-state index < -0.39 is 0 Å². The first kappa shape index (κ1) is 12.0. The SMILES string of the molecule is Cc1cc(CNc2ccc3c(c2)OCO3)c(C)n1C. The first-order valence-electron chi connectivity index (χ1n) is 6.40. The molecular weight excluding hydrogens is 240 g/mol. The van der Waals surface area contributed by atoms with Gasteiger partial charge < -0.3 is 19.4 Å². The predicted octanol–water partition coefficient (Wildman–Crippen LogP) is 2.98. The van der Waals surface area contributed by atoms with Crippen LogP contribution in [0.15, 0.2) is 24.3 Å². The molecule has 0 radical (unpaired) electrons. The van der Waals surface area contributed by atoms with Gasteiger partial charge in [0.15, 0.2) is 11.5 Å². The van der Waals surface area contributed by atoms with E-state index in [1.807, 2.05) is 18.2 Å². The maximum Gasteiger partial charge on any atom is 0.231 e. The molecule has 2 heterocycles. The van der Waals surface area contributed by atoms with Crippen molar-refractivity contribution in [2.75, 3.05) is 12.1 Å². The highest BCUT2D eigenvalue weighted by Gasteiger charge is 2.13. The van der Waals surface area contributed by atoms with Crippen molar-refractivity contribution in [1.29, 1.82) is 0 Å². The van der Waals surface area contributed by atoms with E-state index in [9.17, 15) is 0 Å². The monoisotopic (exact) mass is 258 g/mol. The number of nitrogens with zero attached hydrogens (tertiary/aromatic N) is 1. The molecule has 1 aromatic heterocycles. The number of aryl methyl sites for hydroxylation is 1. The number of aromatic nitrogens is 1. The maximum absolute atomic E-state index is 5.37. The summed E-state index contributed by atoms with van der Waals surface area (Å²) in [4.78, 5) is 0. The van der Waals surface area contributed by atoms with Crippen LogP contribution in [0.25, 0.3) is 0 Å². The smallest absolute Gasteiger partial charge is 0.231 e. The molecule has 0 unspecified atom stereocenters. The van der Waals surface area contributed by atoms with E-state index in [0.717, 1.165) is 23.7 Å². The molecule has 100 valence electrons. The third kappa shape index (κ3) is 2.14. The third-order valence-corrected chi connectivity index (χ3v) is 3.74. The molecule has 0 fully saturated rings. The molecule has 1 aliphatic heterocycles. The molecule has 3 rings (SSSR count). The molecule has 0 saturated carbocycles. The summed E-state index contributed by atoms with van der Waals surface area (Å²) < 4.78 is 12.9. The van der Waals surface area contributed by atoms with Crippen molar-refractivity contribution < 1.29 is 9.47 Å². The Labute approximate surface area is 113 Å². The van der Waals surface area contributed by atoms with Gasteiger partial charge in [-0.2, -0.15) is 0 Å². The summed E-state index contributed by atoms with van der Waals surface area (Å²) in [5.74, 6) is 1.63. The minimum atomic E-state index is 0.315. The molecule has 2 aromatic rings. The van der Waals surface area contributed by atoms with Crippen LogP contribution in [0.1, 0.15) is 17.0 Å². The molecule has 4 heteroatoms. The third-order valence-electron chi connectivity index (χ3n) is 3.74. The van der Waals surface area contributed by atoms with Gasteiger partial charge in [-0.05, 0) is 37.6 Å². The highest BCUT2D eigenvalue weighted by atomic mass is 16.7. The fourth-order valence-electron chi connectivity index (χ4n) is 2.32. The van der Waals surface area contributed by atoms with Crippen molar-refractivity contribution in [2.24, 2.45) is 7.05 Å². The predicted molar refractivity (Wildman–Crippen MR) is 74.8 cm³/mol. The van der Waals surface area contributed by atoms with E-state index in [1.165, 1.54) is 17.0 Å². The second-order valence-electron chi connectivity index (χ2n) is 4.88. The highest BCUT2D eigenvalue weighted by Crippen LogP contribution is 2.34. The van der Waals surface area contributed by atoms with Gasteiger partial charge in [0.2, 0.25) is 6.79 Å². The van der Waals surface area contributed by atoms with Crippen LogP contribution in [0.4, 0.5) is 5.69 Å². The molecule has 0 atom stereocenters. The van der Waals surface area contributed by atoms with Gasteiger partial charge in [0.1, 0.15) is 0 Å².